The Kier molecular flexibility index (Phi) is 13.8. The lowest BCUT2D eigenvalue weighted by molar-refractivity contribution is -0.297. The highest BCUT2D eigenvalue weighted by molar-refractivity contribution is 6.99. The fourth-order valence-corrected chi connectivity index (χ4v) is 11.7. The molecule has 0 amide bonds. The van der Waals surface area contributed by atoms with E-state index in [2.05, 4.69) is 45.0 Å². The lowest BCUT2D eigenvalue weighted by Crippen LogP contribution is -2.69. The highest BCUT2D eigenvalue weighted by Gasteiger charge is 2.56. The van der Waals surface area contributed by atoms with Crippen molar-refractivity contribution in [2.24, 2.45) is 0 Å². The number of carbonyl (C=O) groups is 4. The first-order chi connectivity index (χ1) is 28.0. The van der Waals surface area contributed by atoms with Gasteiger partial charge in [-0.1, -0.05) is 136 Å². The topological polar surface area (TPSA) is 124 Å². The third kappa shape index (κ3) is 9.86. The van der Waals surface area contributed by atoms with E-state index in [-0.39, 0.29) is 42.1 Å². The molecule has 1 aliphatic rings. The number of Topliss-reactive ketones (excluding diaryl/α,β-unsaturated/α-hetero) is 1. The molecule has 5 aromatic rings. The molecule has 1 saturated heterocycles. The summed E-state index contributed by atoms with van der Waals surface area (Å²) < 4.78 is 38.9. The molecule has 6 rings (SSSR count). The van der Waals surface area contributed by atoms with E-state index in [1.54, 1.807) is 91.0 Å². The summed E-state index contributed by atoms with van der Waals surface area (Å²) in [5.41, 5.74) is 0.664. The molecule has 0 aliphatic carbocycles. The SMILES string of the molecule is CC(=O)CCO[C@@H]1O[C@H](CO[Si](c2ccccc2)(c2ccccc2)C(C)(C)C)[C@H](OC(=O)c2ccccc2)[C@H](OC(=O)c2ccccc2)[C@H]1OC(=O)c1ccccc1. The zero-order valence-corrected chi connectivity index (χ0v) is 34.0. The van der Waals surface area contributed by atoms with Crippen molar-refractivity contribution in [3.63, 3.8) is 0 Å². The van der Waals surface area contributed by atoms with E-state index in [1.165, 1.54) is 6.92 Å². The molecule has 5 atom stereocenters. The van der Waals surface area contributed by atoms with Gasteiger partial charge in [-0.25, -0.2) is 14.4 Å². The highest BCUT2D eigenvalue weighted by atomic mass is 28.4. The van der Waals surface area contributed by atoms with Crippen LogP contribution in [0.1, 0.15) is 65.2 Å². The van der Waals surface area contributed by atoms with Crippen LogP contribution in [0.3, 0.4) is 0 Å². The molecule has 300 valence electrons. The van der Waals surface area contributed by atoms with Crippen molar-refractivity contribution in [1.82, 2.24) is 0 Å². The minimum atomic E-state index is -3.22. The number of ether oxygens (including phenoxy) is 5. The summed E-state index contributed by atoms with van der Waals surface area (Å²) in [7, 11) is -3.22. The second kappa shape index (κ2) is 19.1. The summed E-state index contributed by atoms with van der Waals surface area (Å²) in [6.45, 7) is 7.56. The molecule has 0 saturated carbocycles. The van der Waals surface area contributed by atoms with E-state index in [1.807, 2.05) is 36.4 Å². The van der Waals surface area contributed by atoms with Gasteiger partial charge < -0.3 is 28.1 Å². The molecule has 0 aromatic heterocycles. The minimum Gasteiger partial charge on any atom is -0.452 e. The third-order valence-electron chi connectivity index (χ3n) is 9.97. The smallest absolute Gasteiger partial charge is 0.338 e. The van der Waals surface area contributed by atoms with Crippen LogP contribution in [0.5, 0.6) is 0 Å². The van der Waals surface area contributed by atoms with Crippen LogP contribution in [-0.2, 0) is 32.9 Å². The zero-order valence-electron chi connectivity index (χ0n) is 33.0. The molecule has 0 N–H and O–H groups in total. The standard InChI is InChI=1S/C47H48O10Si/c1-33(48)30-31-52-46-42(57-45(51)36-24-14-7-15-25-36)41(56-44(50)35-22-12-6-13-23-35)40(55-43(49)34-20-10-5-11-21-34)39(54-46)32-53-58(47(2,3)4,37-26-16-8-17-27-37)38-28-18-9-19-29-38/h5-29,39-42,46H,30-32H2,1-4H3/t39-,40+,41+,42-,46-/m1/s1. The van der Waals surface area contributed by atoms with Crippen LogP contribution in [0.15, 0.2) is 152 Å². The number of carbonyl (C=O) groups excluding carboxylic acids is 4. The molecule has 1 heterocycles. The van der Waals surface area contributed by atoms with Gasteiger partial charge in [-0.15, -0.1) is 0 Å². The van der Waals surface area contributed by atoms with E-state index >= 15 is 0 Å². The van der Waals surface area contributed by atoms with Gasteiger partial charge >= 0.3 is 17.9 Å². The van der Waals surface area contributed by atoms with E-state index < -0.39 is 62.0 Å². The molecule has 10 nitrogen and oxygen atoms in total. The van der Waals surface area contributed by atoms with Gasteiger partial charge in [-0.3, -0.25) is 4.79 Å². The number of ketones is 1. The Morgan fingerprint density at radius 2 is 0.931 bits per heavy atom. The molecule has 1 fully saturated rings. The van der Waals surface area contributed by atoms with Gasteiger partial charge in [0.05, 0.1) is 29.9 Å². The Morgan fingerprint density at radius 3 is 1.33 bits per heavy atom. The van der Waals surface area contributed by atoms with E-state index in [9.17, 15) is 19.2 Å². The van der Waals surface area contributed by atoms with Crippen LogP contribution in [-0.4, -0.2) is 75.9 Å². The molecule has 0 spiro atoms. The average molecular weight is 801 g/mol. The van der Waals surface area contributed by atoms with Gasteiger partial charge in [0.2, 0.25) is 0 Å². The summed E-state index contributed by atoms with van der Waals surface area (Å²) >= 11 is 0. The van der Waals surface area contributed by atoms with Gasteiger partial charge in [0.15, 0.2) is 24.6 Å². The van der Waals surface area contributed by atoms with Gasteiger partial charge in [0.1, 0.15) is 11.9 Å². The van der Waals surface area contributed by atoms with Crippen molar-refractivity contribution in [3.8, 4) is 0 Å². The third-order valence-corrected chi connectivity index (χ3v) is 15.0. The van der Waals surface area contributed by atoms with Crippen molar-refractivity contribution >= 4 is 42.4 Å². The van der Waals surface area contributed by atoms with E-state index in [0.29, 0.717) is 0 Å². The zero-order chi connectivity index (χ0) is 41.1. The molecular weight excluding hydrogens is 753 g/mol. The first-order valence-electron chi connectivity index (χ1n) is 19.3. The first-order valence-corrected chi connectivity index (χ1v) is 21.2. The van der Waals surface area contributed by atoms with Crippen molar-refractivity contribution in [1.29, 1.82) is 0 Å². The number of rotatable bonds is 15. The van der Waals surface area contributed by atoms with Gasteiger partial charge in [-0.05, 0) is 58.7 Å². The van der Waals surface area contributed by atoms with Crippen LogP contribution >= 0.6 is 0 Å². The Labute approximate surface area is 340 Å². The maximum Gasteiger partial charge on any atom is 0.338 e. The molecule has 0 unspecified atom stereocenters. The number of hydrogen-bond donors (Lipinski definition) is 0. The Bertz CT molecular complexity index is 2070. The highest BCUT2D eigenvalue weighted by Crippen LogP contribution is 2.38. The molecule has 0 bridgehead atoms. The summed E-state index contributed by atoms with van der Waals surface area (Å²) in [5, 5.41) is 1.56. The predicted molar refractivity (Wildman–Crippen MR) is 220 cm³/mol. The molecule has 11 heteroatoms. The normalized spacial score (nSPS) is 19.4. The lowest BCUT2D eigenvalue weighted by atomic mass is 9.97. The summed E-state index contributed by atoms with van der Waals surface area (Å²) in [5.74, 6) is -2.38. The van der Waals surface area contributed by atoms with Crippen LogP contribution < -0.4 is 10.4 Å². The van der Waals surface area contributed by atoms with Crippen LogP contribution in [0.2, 0.25) is 5.04 Å². The quantitative estimate of drug-likeness (QED) is 0.0624. The Morgan fingerprint density at radius 1 is 0.552 bits per heavy atom. The van der Waals surface area contributed by atoms with Crippen molar-refractivity contribution in [3.05, 3.63) is 168 Å². The van der Waals surface area contributed by atoms with Crippen molar-refractivity contribution < 1.29 is 47.3 Å². The van der Waals surface area contributed by atoms with Crippen LogP contribution in [0.25, 0.3) is 0 Å². The van der Waals surface area contributed by atoms with Crippen molar-refractivity contribution in [2.75, 3.05) is 13.2 Å². The molecular formula is C47H48O10Si. The summed E-state index contributed by atoms with van der Waals surface area (Å²) in [6, 6.07) is 45.0. The fourth-order valence-electron chi connectivity index (χ4n) is 7.13. The number of hydrogen-bond acceptors (Lipinski definition) is 10. The fraction of sp³-hybridized carbons (Fsp3) is 0.277. The Balaban J connectivity index is 1.48. The minimum absolute atomic E-state index is 0.0311. The largest absolute Gasteiger partial charge is 0.452 e. The monoisotopic (exact) mass is 800 g/mol. The number of esters is 3. The second-order valence-corrected chi connectivity index (χ2v) is 19.4. The molecule has 5 aromatic carbocycles. The maximum absolute atomic E-state index is 14.0. The van der Waals surface area contributed by atoms with Crippen LogP contribution in [0, 0.1) is 0 Å². The molecule has 58 heavy (non-hydrogen) atoms. The summed E-state index contributed by atoms with van der Waals surface area (Å²) in [6.07, 6.45) is -6.83. The van der Waals surface area contributed by atoms with Crippen LogP contribution in [0.4, 0.5) is 0 Å². The maximum atomic E-state index is 14.0. The number of benzene rings is 5. The lowest BCUT2D eigenvalue weighted by Gasteiger charge is -2.47. The average Bonchev–Trinajstić information content (AvgIpc) is 3.24. The van der Waals surface area contributed by atoms with Gasteiger partial charge in [0, 0.05) is 6.42 Å². The first kappa shape index (κ1) is 41.9. The van der Waals surface area contributed by atoms with Crippen molar-refractivity contribution in [2.45, 2.75) is 69.9 Å². The Hall–Kier alpha value is -5.72. The summed E-state index contributed by atoms with van der Waals surface area (Å²) in [4.78, 5) is 53.9. The predicted octanol–water partition coefficient (Wildman–Crippen LogP) is 6.96. The molecule has 1 aliphatic heterocycles. The second-order valence-electron chi connectivity index (χ2n) is 15.0. The van der Waals surface area contributed by atoms with E-state index in [4.69, 9.17) is 28.1 Å². The van der Waals surface area contributed by atoms with E-state index in [0.717, 1.165) is 10.4 Å². The van der Waals surface area contributed by atoms with Gasteiger partial charge in [-0.2, -0.15) is 0 Å². The van der Waals surface area contributed by atoms with Gasteiger partial charge in [0.25, 0.3) is 8.32 Å². The molecule has 0 radical (unpaired) electrons.